The molecule has 0 amide bonds. The zero-order valence-corrected chi connectivity index (χ0v) is 9.04. The Kier molecular flexibility index (Phi) is 4.99. The molecule has 2 N–H and O–H groups in total. The first-order valence-corrected chi connectivity index (χ1v) is 5.18. The third-order valence-electron chi connectivity index (χ3n) is 1.41. The zero-order chi connectivity index (χ0) is 11.4. The lowest BCUT2D eigenvalue weighted by Crippen LogP contribution is -2.42. The van der Waals surface area contributed by atoms with Crippen LogP contribution in [0, 0.1) is 0 Å². The third kappa shape index (κ3) is 4.01. The second-order valence-electron chi connectivity index (χ2n) is 2.67. The molecule has 84 valence electrons. The van der Waals surface area contributed by atoms with Crippen molar-refractivity contribution in [1.29, 1.82) is 0 Å². The quantitative estimate of drug-likeness (QED) is 0.524. The normalized spacial score (nSPS) is 14.1. The van der Waals surface area contributed by atoms with Crippen LogP contribution >= 0.6 is 0 Å². The number of esters is 1. The van der Waals surface area contributed by atoms with Gasteiger partial charge in [0.15, 0.2) is 6.10 Å². The molecule has 0 saturated carbocycles. The third-order valence-corrected chi connectivity index (χ3v) is 2.91. The molecule has 8 heteroatoms. The minimum absolute atomic E-state index is 0.410. The molecule has 7 nitrogen and oxygen atoms in total. The smallest absolute Gasteiger partial charge is 0.336 e. The van der Waals surface area contributed by atoms with E-state index in [0.29, 0.717) is 0 Å². The maximum Gasteiger partial charge on any atom is 0.336 e. The highest BCUT2D eigenvalue weighted by atomic mass is 32.2. The van der Waals surface area contributed by atoms with E-state index in [2.05, 4.69) is 4.74 Å². The van der Waals surface area contributed by atoms with Crippen LogP contribution in [0.2, 0.25) is 0 Å². The lowest BCUT2D eigenvalue weighted by molar-refractivity contribution is -0.149. The number of carbonyl (C=O) groups is 1. The van der Waals surface area contributed by atoms with E-state index in [0.717, 1.165) is 11.4 Å². The molecule has 0 aromatic heterocycles. The van der Waals surface area contributed by atoms with Gasteiger partial charge in [-0.2, -0.15) is 17.4 Å². The van der Waals surface area contributed by atoms with E-state index in [1.807, 2.05) is 4.72 Å². The van der Waals surface area contributed by atoms with Gasteiger partial charge >= 0.3 is 5.97 Å². The standard InChI is InChI=1S/C6H14N2O5S/c1-8(2)14(11,12)7-4-5(9)6(10)13-3/h5,7,9H,4H2,1-3H3. The summed E-state index contributed by atoms with van der Waals surface area (Å²) in [7, 11) is 0.136. The lowest BCUT2D eigenvalue weighted by Gasteiger charge is -2.14. The molecule has 0 rings (SSSR count). The molecular weight excluding hydrogens is 212 g/mol. The van der Waals surface area contributed by atoms with Gasteiger partial charge in [0.05, 0.1) is 7.11 Å². The Balaban J connectivity index is 4.14. The Labute approximate surface area is 82.8 Å². The van der Waals surface area contributed by atoms with Crippen molar-refractivity contribution in [3.8, 4) is 0 Å². The van der Waals surface area contributed by atoms with Crippen LogP contribution in [0.1, 0.15) is 0 Å². The highest BCUT2D eigenvalue weighted by Crippen LogP contribution is 1.90. The van der Waals surface area contributed by atoms with Crippen LogP contribution in [0.4, 0.5) is 0 Å². The van der Waals surface area contributed by atoms with Gasteiger partial charge in [0.2, 0.25) is 0 Å². The predicted octanol–water partition coefficient (Wildman–Crippen LogP) is -2.08. The maximum absolute atomic E-state index is 11.1. The highest BCUT2D eigenvalue weighted by molar-refractivity contribution is 7.87. The summed E-state index contributed by atoms with van der Waals surface area (Å²) in [6.07, 6.45) is -1.49. The lowest BCUT2D eigenvalue weighted by atomic mass is 10.4. The van der Waals surface area contributed by atoms with E-state index in [-0.39, 0.29) is 0 Å². The number of nitrogens with one attached hydrogen (secondary N) is 1. The molecule has 14 heavy (non-hydrogen) atoms. The van der Waals surface area contributed by atoms with Crippen LogP contribution in [-0.4, -0.2) is 57.7 Å². The number of ether oxygens (including phenoxy) is 1. The second-order valence-corrected chi connectivity index (χ2v) is 4.64. The summed E-state index contributed by atoms with van der Waals surface area (Å²) in [5, 5.41) is 9.04. The van der Waals surface area contributed by atoms with E-state index in [4.69, 9.17) is 5.11 Å². The molecule has 0 aliphatic rings. The summed E-state index contributed by atoms with van der Waals surface area (Å²) in [6.45, 7) is -0.410. The van der Waals surface area contributed by atoms with Crippen LogP contribution in [0.5, 0.6) is 0 Å². The summed E-state index contributed by atoms with van der Waals surface area (Å²) < 4.78 is 29.3. The van der Waals surface area contributed by atoms with Crippen molar-refractivity contribution in [2.45, 2.75) is 6.10 Å². The molecule has 1 unspecified atom stereocenters. The van der Waals surface area contributed by atoms with Gasteiger partial charge < -0.3 is 9.84 Å². The minimum atomic E-state index is -3.62. The van der Waals surface area contributed by atoms with Crippen molar-refractivity contribution < 1.29 is 23.1 Å². The van der Waals surface area contributed by atoms with Gasteiger partial charge in [-0.05, 0) is 0 Å². The Morgan fingerprint density at radius 3 is 2.43 bits per heavy atom. The number of hydrogen-bond acceptors (Lipinski definition) is 5. The van der Waals surface area contributed by atoms with Gasteiger partial charge in [0, 0.05) is 20.6 Å². The second kappa shape index (κ2) is 5.25. The van der Waals surface area contributed by atoms with Crippen LogP contribution in [0.15, 0.2) is 0 Å². The van der Waals surface area contributed by atoms with Crippen LogP contribution in [0.3, 0.4) is 0 Å². The van der Waals surface area contributed by atoms with Gasteiger partial charge in [-0.1, -0.05) is 0 Å². The van der Waals surface area contributed by atoms with Crippen molar-refractivity contribution in [1.82, 2.24) is 9.03 Å². The molecule has 0 aliphatic carbocycles. The summed E-state index contributed by atoms with van der Waals surface area (Å²) in [6, 6.07) is 0. The van der Waals surface area contributed by atoms with Gasteiger partial charge in [-0.3, -0.25) is 0 Å². The predicted molar refractivity (Wildman–Crippen MR) is 48.6 cm³/mol. The van der Waals surface area contributed by atoms with E-state index >= 15 is 0 Å². The van der Waals surface area contributed by atoms with Crippen LogP contribution < -0.4 is 4.72 Å². The Morgan fingerprint density at radius 2 is 2.07 bits per heavy atom. The molecule has 0 bridgehead atoms. The van der Waals surface area contributed by atoms with E-state index in [1.165, 1.54) is 14.1 Å². The largest absolute Gasteiger partial charge is 0.467 e. The summed E-state index contributed by atoms with van der Waals surface area (Å²) in [5.41, 5.74) is 0. The molecule has 0 heterocycles. The van der Waals surface area contributed by atoms with Crippen molar-refractivity contribution in [3.05, 3.63) is 0 Å². The minimum Gasteiger partial charge on any atom is -0.467 e. The summed E-state index contributed by atoms with van der Waals surface area (Å²) >= 11 is 0. The Hall–Kier alpha value is -0.700. The molecule has 0 aromatic carbocycles. The number of hydrogen-bond donors (Lipinski definition) is 2. The molecule has 0 fully saturated rings. The Bertz CT molecular complexity index is 287. The average Bonchev–Trinajstić information content (AvgIpc) is 2.12. The molecule has 0 aliphatic heterocycles. The molecule has 0 saturated heterocycles. The van der Waals surface area contributed by atoms with Crippen molar-refractivity contribution in [2.75, 3.05) is 27.7 Å². The first-order valence-electron chi connectivity index (χ1n) is 3.74. The fourth-order valence-corrected chi connectivity index (χ4v) is 1.16. The summed E-state index contributed by atoms with van der Waals surface area (Å²) in [5.74, 6) is -0.883. The first-order chi connectivity index (χ1) is 6.31. The van der Waals surface area contributed by atoms with E-state index < -0.39 is 28.8 Å². The number of rotatable bonds is 5. The molecular formula is C6H14N2O5S. The zero-order valence-electron chi connectivity index (χ0n) is 8.22. The number of carbonyl (C=O) groups excluding carboxylic acids is 1. The molecule has 1 atom stereocenters. The molecule has 0 aromatic rings. The maximum atomic E-state index is 11.1. The molecule has 0 spiro atoms. The monoisotopic (exact) mass is 226 g/mol. The van der Waals surface area contributed by atoms with Gasteiger partial charge in [-0.15, -0.1) is 0 Å². The fraction of sp³-hybridized carbons (Fsp3) is 0.833. The molecule has 0 radical (unpaired) electrons. The van der Waals surface area contributed by atoms with Crippen molar-refractivity contribution >= 4 is 16.2 Å². The van der Waals surface area contributed by atoms with Gasteiger partial charge in [0.25, 0.3) is 10.2 Å². The SMILES string of the molecule is COC(=O)C(O)CNS(=O)(=O)N(C)C. The van der Waals surface area contributed by atoms with Crippen LogP contribution in [0.25, 0.3) is 0 Å². The Morgan fingerprint density at radius 1 is 1.57 bits per heavy atom. The number of nitrogens with zero attached hydrogens (tertiary/aromatic N) is 1. The average molecular weight is 226 g/mol. The topological polar surface area (TPSA) is 95.9 Å². The highest BCUT2D eigenvalue weighted by Gasteiger charge is 2.19. The van der Waals surface area contributed by atoms with E-state index in [9.17, 15) is 13.2 Å². The number of aliphatic hydroxyl groups excluding tert-OH is 1. The van der Waals surface area contributed by atoms with Gasteiger partial charge in [-0.25, -0.2) is 4.79 Å². The number of aliphatic hydroxyl groups is 1. The first kappa shape index (κ1) is 13.3. The fourth-order valence-electron chi connectivity index (χ4n) is 0.533. The summed E-state index contributed by atoms with van der Waals surface area (Å²) in [4.78, 5) is 10.7. The van der Waals surface area contributed by atoms with Crippen LogP contribution in [-0.2, 0) is 19.7 Å². The van der Waals surface area contributed by atoms with Gasteiger partial charge in [0.1, 0.15) is 0 Å². The van der Waals surface area contributed by atoms with E-state index in [1.54, 1.807) is 0 Å². The number of methoxy groups -OCH3 is 1. The van der Waals surface area contributed by atoms with Crippen molar-refractivity contribution in [2.24, 2.45) is 0 Å². The van der Waals surface area contributed by atoms with Crippen molar-refractivity contribution in [3.63, 3.8) is 0 Å².